The number of carbonyl (C=O) groups excluding carboxylic acids is 1. The van der Waals surface area contributed by atoms with Crippen molar-refractivity contribution in [2.24, 2.45) is 0 Å². The Hall–Kier alpha value is -3.25. The normalized spacial score (nSPS) is 10.9. The summed E-state index contributed by atoms with van der Waals surface area (Å²) in [5.41, 5.74) is 2.70. The molecule has 27 heavy (non-hydrogen) atoms. The molecule has 0 atom stereocenters. The predicted molar refractivity (Wildman–Crippen MR) is 100 cm³/mol. The lowest BCUT2D eigenvalue weighted by Gasteiger charge is -2.07. The van der Waals surface area contributed by atoms with Gasteiger partial charge in [-0.25, -0.2) is 4.79 Å². The summed E-state index contributed by atoms with van der Waals surface area (Å²) in [5.74, 6) is 0.147. The van der Waals surface area contributed by atoms with Crippen molar-refractivity contribution in [3.8, 4) is 11.4 Å². The highest BCUT2D eigenvalue weighted by atomic mass is 35.5. The third-order valence-corrected chi connectivity index (χ3v) is 4.21. The van der Waals surface area contributed by atoms with Crippen LogP contribution in [0.3, 0.4) is 0 Å². The molecular weight excluding hydrogens is 366 g/mol. The number of aromatic nitrogens is 3. The second-order valence-electron chi connectivity index (χ2n) is 5.92. The SMILES string of the molecule is Cc1cc(C(=O)OCc2nc(-c3ccc(Cl)cc3)no2)c2ccccc2n1. The Bertz CT molecular complexity index is 1120. The Morgan fingerprint density at radius 1 is 1.11 bits per heavy atom. The molecule has 2 aromatic carbocycles. The van der Waals surface area contributed by atoms with E-state index in [2.05, 4.69) is 15.1 Å². The average molecular weight is 380 g/mol. The first-order valence-corrected chi connectivity index (χ1v) is 8.60. The maximum absolute atomic E-state index is 12.5. The maximum Gasteiger partial charge on any atom is 0.339 e. The molecular formula is C20H14ClN3O3. The smallest absolute Gasteiger partial charge is 0.339 e. The number of rotatable bonds is 4. The van der Waals surface area contributed by atoms with E-state index in [9.17, 15) is 4.79 Å². The van der Waals surface area contributed by atoms with Crippen LogP contribution in [0.15, 0.2) is 59.1 Å². The third kappa shape index (κ3) is 3.66. The van der Waals surface area contributed by atoms with Gasteiger partial charge in [0.2, 0.25) is 5.82 Å². The molecule has 0 saturated carbocycles. The van der Waals surface area contributed by atoms with Crippen LogP contribution in [0.2, 0.25) is 5.02 Å². The number of hydrogen-bond acceptors (Lipinski definition) is 6. The molecule has 0 N–H and O–H groups in total. The zero-order valence-electron chi connectivity index (χ0n) is 14.3. The number of nitrogens with zero attached hydrogens (tertiary/aromatic N) is 3. The molecule has 4 aromatic rings. The van der Waals surface area contributed by atoms with Crippen molar-refractivity contribution in [2.75, 3.05) is 0 Å². The molecule has 0 amide bonds. The Morgan fingerprint density at radius 3 is 2.70 bits per heavy atom. The molecule has 0 aliphatic carbocycles. The van der Waals surface area contributed by atoms with E-state index in [1.165, 1.54) is 0 Å². The van der Waals surface area contributed by atoms with Gasteiger partial charge in [0, 0.05) is 21.7 Å². The largest absolute Gasteiger partial charge is 0.452 e. The van der Waals surface area contributed by atoms with Crippen LogP contribution in [-0.2, 0) is 11.3 Å². The molecule has 0 aliphatic heterocycles. The van der Waals surface area contributed by atoms with Gasteiger partial charge in [-0.15, -0.1) is 0 Å². The van der Waals surface area contributed by atoms with Gasteiger partial charge in [0.15, 0.2) is 6.61 Å². The van der Waals surface area contributed by atoms with Crippen LogP contribution in [0.5, 0.6) is 0 Å². The number of fused-ring (bicyclic) bond motifs is 1. The van der Waals surface area contributed by atoms with Crippen LogP contribution in [0.25, 0.3) is 22.3 Å². The van der Waals surface area contributed by atoms with E-state index in [0.717, 1.165) is 22.2 Å². The number of aryl methyl sites for hydroxylation is 1. The Balaban J connectivity index is 1.51. The van der Waals surface area contributed by atoms with E-state index in [4.69, 9.17) is 20.9 Å². The van der Waals surface area contributed by atoms with Crippen molar-refractivity contribution < 1.29 is 14.1 Å². The number of ether oxygens (including phenoxy) is 1. The lowest BCUT2D eigenvalue weighted by Crippen LogP contribution is -2.07. The maximum atomic E-state index is 12.5. The fourth-order valence-electron chi connectivity index (χ4n) is 2.71. The second-order valence-corrected chi connectivity index (χ2v) is 6.36. The molecule has 0 radical (unpaired) electrons. The van der Waals surface area contributed by atoms with Crippen molar-refractivity contribution in [3.63, 3.8) is 0 Å². The van der Waals surface area contributed by atoms with Gasteiger partial charge >= 0.3 is 5.97 Å². The van der Waals surface area contributed by atoms with Crippen LogP contribution in [0, 0.1) is 6.92 Å². The van der Waals surface area contributed by atoms with Gasteiger partial charge in [-0.1, -0.05) is 35.0 Å². The van der Waals surface area contributed by atoms with Crippen LogP contribution >= 0.6 is 11.6 Å². The van der Waals surface area contributed by atoms with Crippen LogP contribution in [-0.4, -0.2) is 21.1 Å². The first-order valence-electron chi connectivity index (χ1n) is 8.22. The average Bonchev–Trinajstić information content (AvgIpc) is 3.15. The van der Waals surface area contributed by atoms with Gasteiger partial charge in [-0.2, -0.15) is 4.98 Å². The molecule has 2 aromatic heterocycles. The van der Waals surface area contributed by atoms with E-state index in [1.54, 1.807) is 30.3 Å². The highest BCUT2D eigenvalue weighted by Crippen LogP contribution is 2.21. The molecule has 2 heterocycles. The molecule has 0 aliphatic rings. The summed E-state index contributed by atoms with van der Waals surface area (Å²) >= 11 is 5.87. The Kier molecular flexibility index (Phi) is 4.56. The van der Waals surface area contributed by atoms with Gasteiger partial charge in [0.25, 0.3) is 5.89 Å². The quantitative estimate of drug-likeness (QED) is 0.482. The Morgan fingerprint density at radius 2 is 1.89 bits per heavy atom. The summed E-state index contributed by atoms with van der Waals surface area (Å²) in [7, 11) is 0. The lowest BCUT2D eigenvalue weighted by molar-refractivity contribution is 0.0432. The monoisotopic (exact) mass is 379 g/mol. The van der Waals surface area contributed by atoms with Gasteiger partial charge in [-0.05, 0) is 43.3 Å². The predicted octanol–water partition coefficient (Wildman–Crippen LogP) is 4.60. The van der Waals surface area contributed by atoms with Gasteiger partial charge < -0.3 is 9.26 Å². The first kappa shape index (κ1) is 17.2. The lowest BCUT2D eigenvalue weighted by atomic mass is 10.1. The topological polar surface area (TPSA) is 78.1 Å². The minimum absolute atomic E-state index is 0.116. The van der Waals surface area contributed by atoms with Gasteiger partial charge in [0.1, 0.15) is 0 Å². The fourth-order valence-corrected chi connectivity index (χ4v) is 2.84. The first-order chi connectivity index (χ1) is 13.1. The van der Waals surface area contributed by atoms with Crippen molar-refractivity contribution >= 4 is 28.5 Å². The zero-order chi connectivity index (χ0) is 18.8. The van der Waals surface area contributed by atoms with E-state index in [1.807, 2.05) is 31.2 Å². The molecule has 4 rings (SSSR count). The molecule has 0 unspecified atom stereocenters. The van der Waals surface area contributed by atoms with Crippen molar-refractivity contribution in [1.82, 2.24) is 15.1 Å². The molecule has 6 nitrogen and oxygen atoms in total. The van der Waals surface area contributed by atoms with Crippen LogP contribution in [0.1, 0.15) is 21.9 Å². The Labute approximate surface area is 159 Å². The molecule has 0 bridgehead atoms. The van der Waals surface area contributed by atoms with Crippen molar-refractivity contribution in [2.45, 2.75) is 13.5 Å². The number of esters is 1. The summed E-state index contributed by atoms with van der Waals surface area (Å²) in [5, 5.41) is 5.26. The van der Waals surface area contributed by atoms with Crippen LogP contribution < -0.4 is 0 Å². The third-order valence-electron chi connectivity index (χ3n) is 3.96. The minimum Gasteiger partial charge on any atom is -0.452 e. The number of halogens is 1. The molecule has 134 valence electrons. The highest BCUT2D eigenvalue weighted by Gasteiger charge is 2.16. The minimum atomic E-state index is -0.469. The van der Waals surface area contributed by atoms with Crippen molar-refractivity contribution in [3.05, 3.63) is 76.8 Å². The molecule has 0 fully saturated rings. The standard InChI is InChI=1S/C20H14ClN3O3/c1-12-10-16(15-4-2-3-5-17(15)22-12)20(25)26-11-18-23-19(24-27-18)13-6-8-14(21)9-7-13/h2-10H,11H2,1H3. The number of para-hydroxylation sites is 1. The molecule has 0 spiro atoms. The number of hydrogen-bond donors (Lipinski definition) is 0. The summed E-state index contributed by atoms with van der Waals surface area (Å²) < 4.78 is 10.5. The number of carbonyl (C=O) groups is 1. The van der Waals surface area contributed by atoms with E-state index >= 15 is 0 Å². The summed E-state index contributed by atoms with van der Waals surface area (Å²) in [6, 6.07) is 16.2. The van der Waals surface area contributed by atoms with Crippen molar-refractivity contribution in [1.29, 1.82) is 0 Å². The summed E-state index contributed by atoms with van der Waals surface area (Å²) in [6.45, 7) is 1.72. The number of pyridine rings is 1. The highest BCUT2D eigenvalue weighted by molar-refractivity contribution is 6.30. The summed E-state index contributed by atoms with van der Waals surface area (Å²) in [6.07, 6.45) is 0. The van der Waals surface area contributed by atoms with E-state index < -0.39 is 5.97 Å². The van der Waals surface area contributed by atoms with Gasteiger partial charge in [-0.3, -0.25) is 4.98 Å². The zero-order valence-corrected chi connectivity index (χ0v) is 15.1. The fraction of sp³-hybridized carbons (Fsp3) is 0.100. The van der Waals surface area contributed by atoms with Gasteiger partial charge in [0.05, 0.1) is 11.1 Å². The summed E-state index contributed by atoms with van der Waals surface area (Å²) in [4.78, 5) is 21.2. The molecule has 0 saturated heterocycles. The number of benzene rings is 2. The van der Waals surface area contributed by atoms with E-state index in [-0.39, 0.29) is 12.5 Å². The van der Waals surface area contributed by atoms with E-state index in [0.29, 0.717) is 16.4 Å². The second kappa shape index (κ2) is 7.17. The molecule has 7 heteroatoms. The van der Waals surface area contributed by atoms with Crippen LogP contribution in [0.4, 0.5) is 0 Å².